The van der Waals surface area contributed by atoms with Crippen molar-refractivity contribution in [2.24, 2.45) is 0 Å². The van der Waals surface area contributed by atoms with Gasteiger partial charge in [-0.05, 0) is 38.8 Å². The van der Waals surface area contributed by atoms with Gasteiger partial charge in [0, 0.05) is 24.0 Å². The molecule has 1 aromatic carbocycles. The molecule has 3 heterocycles. The molecule has 0 radical (unpaired) electrons. The van der Waals surface area contributed by atoms with Crippen LogP contribution in [0.25, 0.3) is 10.8 Å². The number of hydrogen-bond acceptors (Lipinski definition) is 4. The van der Waals surface area contributed by atoms with E-state index in [4.69, 9.17) is 0 Å². The summed E-state index contributed by atoms with van der Waals surface area (Å²) in [5.41, 5.74) is 0.560. The molecule has 6 heteroatoms. The first-order chi connectivity index (χ1) is 12.1. The third kappa shape index (κ3) is 3.06. The molecule has 0 saturated carbocycles. The third-order valence-corrected chi connectivity index (χ3v) is 5.55. The van der Waals surface area contributed by atoms with E-state index in [9.17, 15) is 9.59 Å². The van der Waals surface area contributed by atoms with Crippen molar-refractivity contribution in [1.82, 2.24) is 20.0 Å². The Kier molecular flexibility index (Phi) is 4.29. The summed E-state index contributed by atoms with van der Waals surface area (Å²) in [4.78, 5) is 27.6. The summed E-state index contributed by atoms with van der Waals surface area (Å²) in [5.74, 6) is -0.123. The van der Waals surface area contributed by atoms with Crippen molar-refractivity contribution >= 4 is 16.7 Å². The number of benzene rings is 1. The molecule has 0 bridgehead atoms. The number of piperidine rings is 1. The van der Waals surface area contributed by atoms with Gasteiger partial charge in [-0.15, -0.1) is 0 Å². The smallest absolute Gasteiger partial charge is 0.275 e. The second-order valence-corrected chi connectivity index (χ2v) is 7.16. The van der Waals surface area contributed by atoms with E-state index in [1.54, 1.807) is 6.07 Å². The highest BCUT2D eigenvalue weighted by Crippen LogP contribution is 2.27. The van der Waals surface area contributed by atoms with Crippen molar-refractivity contribution < 1.29 is 4.79 Å². The number of rotatable bonds is 3. The maximum atomic E-state index is 12.6. The maximum absolute atomic E-state index is 12.6. The number of nitrogens with zero attached hydrogens (tertiary/aromatic N) is 3. The van der Waals surface area contributed by atoms with Gasteiger partial charge in [0.25, 0.3) is 5.56 Å². The van der Waals surface area contributed by atoms with Gasteiger partial charge in [0.05, 0.1) is 11.1 Å². The molecule has 1 N–H and O–H groups in total. The van der Waals surface area contributed by atoms with Crippen LogP contribution in [-0.2, 0) is 11.3 Å². The number of amides is 1. The second kappa shape index (κ2) is 6.59. The van der Waals surface area contributed by atoms with Crippen LogP contribution in [0.1, 0.15) is 31.4 Å². The molecule has 2 aliphatic heterocycles. The Morgan fingerprint density at radius 3 is 2.84 bits per heavy atom. The first-order valence-electron chi connectivity index (χ1n) is 9.13. The lowest BCUT2D eigenvalue weighted by Gasteiger charge is -2.32. The lowest BCUT2D eigenvalue weighted by molar-refractivity contribution is -0.122. The zero-order chi connectivity index (χ0) is 17.4. The highest BCUT2D eigenvalue weighted by Gasteiger charge is 2.36. The minimum Gasteiger partial charge on any atom is -0.350 e. The molecule has 0 spiro atoms. The van der Waals surface area contributed by atoms with Crippen molar-refractivity contribution in [2.75, 3.05) is 13.1 Å². The first-order valence-corrected chi connectivity index (χ1v) is 9.13. The van der Waals surface area contributed by atoms with Crippen LogP contribution >= 0.6 is 0 Å². The van der Waals surface area contributed by atoms with Gasteiger partial charge in [-0.3, -0.25) is 14.5 Å². The van der Waals surface area contributed by atoms with Crippen molar-refractivity contribution in [3.63, 3.8) is 0 Å². The van der Waals surface area contributed by atoms with Gasteiger partial charge < -0.3 is 5.32 Å². The summed E-state index contributed by atoms with van der Waals surface area (Å²) in [6.07, 6.45) is 4.64. The fourth-order valence-corrected chi connectivity index (χ4v) is 4.32. The van der Waals surface area contributed by atoms with Crippen LogP contribution in [0.5, 0.6) is 0 Å². The minimum atomic E-state index is -0.206. The molecule has 1 amide bonds. The number of carbonyl (C=O) groups is 1. The van der Waals surface area contributed by atoms with Gasteiger partial charge in [-0.25, -0.2) is 4.68 Å². The molecular weight excluding hydrogens is 316 g/mol. The summed E-state index contributed by atoms with van der Waals surface area (Å²) in [6, 6.07) is 8.07. The van der Waals surface area contributed by atoms with Crippen LogP contribution in [0.3, 0.4) is 0 Å². The normalized spacial score (nSPS) is 23.6. The summed E-state index contributed by atoms with van der Waals surface area (Å²) in [6.45, 7) is 4.05. The van der Waals surface area contributed by atoms with Crippen LogP contribution in [0.2, 0.25) is 0 Å². The molecule has 4 rings (SSSR count). The Balaban J connectivity index is 1.50. The van der Waals surface area contributed by atoms with E-state index in [1.165, 1.54) is 17.5 Å². The van der Waals surface area contributed by atoms with Crippen molar-refractivity contribution in [3.05, 3.63) is 40.3 Å². The predicted molar refractivity (Wildman–Crippen MR) is 96.5 cm³/mol. The number of fused-ring (bicyclic) bond motifs is 2. The molecule has 1 aromatic heterocycles. The number of nitrogens with one attached hydrogen (secondary N) is 1. The average Bonchev–Trinajstić information content (AvgIpc) is 3.02. The zero-order valence-electron chi connectivity index (χ0n) is 14.6. The lowest BCUT2D eigenvalue weighted by Crippen LogP contribution is -2.48. The molecule has 0 aliphatic carbocycles. The number of aryl methyl sites for hydroxylation is 1. The number of carbonyl (C=O) groups excluding carboxylic acids is 1. The Morgan fingerprint density at radius 1 is 1.20 bits per heavy atom. The Morgan fingerprint density at radius 2 is 2.00 bits per heavy atom. The van der Waals surface area contributed by atoms with Crippen LogP contribution in [0.4, 0.5) is 0 Å². The van der Waals surface area contributed by atoms with Crippen LogP contribution in [0.15, 0.2) is 29.1 Å². The van der Waals surface area contributed by atoms with Crippen LogP contribution in [-0.4, -0.2) is 45.8 Å². The number of aromatic nitrogens is 2. The maximum Gasteiger partial charge on any atom is 0.275 e. The van der Waals surface area contributed by atoms with Crippen molar-refractivity contribution in [2.45, 2.75) is 51.2 Å². The monoisotopic (exact) mass is 340 g/mol. The van der Waals surface area contributed by atoms with Crippen molar-refractivity contribution in [1.29, 1.82) is 0 Å². The summed E-state index contributed by atoms with van der Waals surface area (Å²) in [7, 11) is 0. The molecule has 132 valence electrons. The van der Waals surface area contributed by atoms with E-state index in [1.807, 2.05) is 25.1 Å². The molecule has 0 unspecified atom stereocenters. The standard InChI is InChI=1S/C19H24N4O2/c1-13-14-6-2-3-7-15(14)19(25)23(21-13)12-18(24)20-16-9-11-22-10-5-4-8-17(16)22/h2-3,6-7,16-17H,4-5,8-12H2,1H3,(H,20,24)/t16-,17-/m1/s1. The molecule has 2 fully saturated rings. The quantitative estimate of drug-likeness (QED) is 0.918. The molecular formula is C19H24N4O2. The van der Waals surface area contributed by atoms with E-state index in [0.29, 0.717) is 11.4 Å². The van der Waals surface area contributed by atoms with Gasteiger partial charge in [0.2, 0.25) is 5.91 Å². The fraction of sp³-hybridized carbons (Fsp3) is 0.526. The van der Waals surface area contributed by atoms with Gasteiger partial charge >= 0.3 is 0 Å². The van der Waals surface area contributed by atoms with E-state index in [0.717, 1.165) is 37.0 Å². The molecule has 2 aliphatic rings. The molecule has 2 saturated heterocycles. The van der Waals surface area contributed by atoms with Crippen molar-refractivity contribution in [3.8, 4) is 0 Å². The van der Waals surface area contributed by atoms with Gasteiger partial charge in [0.15, 0.2) is 0 Å². The molecule has 2 atom stereocenters. The summed E-state index contributed by atoms with van der Waals surface area (Å²) < 4.78 is 1.29. The predicted octanol–water partition coefficient (Wildman–Crippen LogP) is 1.45. The molecule has 6 nitrogen and oxygen atoms in total. The highest BCUT2D eigenvalue weighted by molar-refractivity contribution is 5.83. The Bertz CT molecular complexity index is 860. The minimum absolute atomic E-state index is 0.0201. The lowest BCUT2D eigenvalue weighted by atomic mass is 9.99. The first kappa shape index (κ1) is 16.3. The SMILES string of the molecule is Cc1nn(CC(=O)N[C@@H]2CCN3CCCC[C@H]23)c(=O)c2ccccc12. The fourth-order valence-electron chi connectivity index (χ4n) is 4.32. The third-order valence-electron chi connectivity index (χ3n) is 5.55. The highest BCUT2D eigenvalue weighted by atomic mass is 16.2. The Hall–Kier alpha value is -2.21. The van der Waals surface area contributed by atoms with Gasteiger partial charge in [0.1, 0.15) is 6.54 Å². The summed E-state index contributed by atoms with van der Waals surface area (Å²) >= 11 is 0. The average molecular weight is 340 g/mol. The largest absolute Gasteiger partial charge is 0.350 e. The van der Waals surface area contributed by atoms with E-state index < -0.39 is 0 Å². The molecule has 2 aromatic rings. The topological polar surface area (TPSA) is 67.2 Å². The van der Waals surface area contributed by atoms with Gasteiger partial charge in [-0.1, -0.05) is 24.6 Å². The Labute approximate surface area is 146 Å². The second-order valence-electron chi connectivity index (χ2n) is 7.16. The molecule has 25 heavy (non-hydrogen) atoms. The van der Waals surface area contributed by atoms with Crippen LogP contribution in [0, 0.1) is 6.92 Å². The van der Waals surface area contributed by atoms with E-state index in [2.05, 4.69) is 15.3 Å². The van der Waals surface area contributed by atoms with Gasteiger partial charge in [-0.2, -0.15) is 5.10 Å². The van der Waals surface area contributed by atoms with E-state index in [-0.39, 0.29) is 24.1 Å². The van der Waals surface area contributed by atoms with Crippen LogP contribution < -0.4 is 10.9 Å². The van der Waals surface area contributed by atoms with E-state index >= 15 is 0 Å². The summed E-state index contributed by atoms with van der Waals surface area (Å²) in [5, 5.41) is 8.93. The zero-order valence-corrected chi connectivity index (χ0v) is 14.6. The number of hydrogen-bond donors (Lipinski definition) is 1.